The van der Waals surface area contributed by atoms with Crippen molar-refractivity contribution in [2.75, 3.05) is 13.2 Å². The lowest BCUT2D eigenvalue weighted by atomic mass is 10.2. The van der Waals surface area contributed by atoms with E-state index in [2.05, 4.69) is 10.0 Å². The van der Waals surface area contributed by atoms with Crippen molar-refractivity contribution in [1.82, 2.24) is 10.0 Å². The minimum Gasteiger partial charge on any atom is -0.467 e. The van der Waals surface area contributed by atoms with Crippen LogP contribution >= 0.6 is 0 Å². The van der Waals surface area contributed by atoms with E-state index in [4.69, 9.17) is 9.15 Å². The first-order valence-electron chi connectivity index (χ1n) is 7.48. The molecule has 8 nitrogen and oxygen atoms in total. The molecule has 134 valence electrons. The molecule has 1 amide bonds. The first-order valence-corrected chi connectivity index (χ1v) is 8.96. The van der Waals surface area contributed by atoms with Gasteiger partial charge < -0.3 is 14.5 Å². The van der Waals surface area contributed by atoms with Gasteiger partial charge in [-0.1, -0.05) is 6.92 Å². The predicted molar refractivity (Wildman–Crippen MR) is 88.1 cm³/mol. The quantitative estimate of drug-likeness (QED) is 0.675. The first kappa shape index (κ1) is 18.7. The number of carbonyl (C=O) groups is 2. The number of hydrogen-bond donors (Lipinski definition) is 2. The van der Waals surface area contributed by atoms with E-state index in [1.54, 1.807) is 19.1 Å². The molecule has 0 atom stereocenters. The SMILES string of the molecule is CCNS(=O)(=O)c1ccc(C(=O)OCC(=O)NCc2ccco2)cc1. The highest BCUT2D eigenvalue weighted by molar-refractivity contribution is 7.89. The molecule has 1 aromatic heterocycles. The predicted octanol–water partition coefficient (Wildman–Crippen LogP) is 1.05. The van der Waals surface area contributed by atoms with E-state index < -0.39 is 28.5 Å². The van der Waals surface area contributed by atoms with Gasteiger partial charge in [0.2, 0.25) is 10.0 Å². The van der Waals surface area contributed by atoms with E-state index in [-0.39, 0.29) is 23.5 Å². The third-order valence-electron chi connectivity index (χ3n) is 3.11. The lowest BCUT2D eigenvalue weighted by Crippen LogP contribution is -2.28. The third-order valence-corrected chi connectivity index (χ3v) is 4.67. The molecule has 2 aromatic rings. The van der Waals surface area contributed by atoms with Crippen molar-refractivity contribution in [3.63, 3.8) is 0 Å². The highest BCUT2D eigenvalue weighted by Crippen LogP contribution is 2.11. The summed E-state index contributed by atoms with van der Waals surface area (Å²) < 4.78 is 35.9. The second-order valence-electron chi connectivity index (χ2n) is 4.96. The molecule has 0 spiro atoms. The second-order valence-corrected chi connectivity index (χ2v) is 6.72. The van der Waals surface area contributed by atoms with Crippen molar-refractivity contribution in [3.05, 3.63) is 54.0 Å². The maximum absolute atomic E-state index is 11.9. The summed E-state index contributed by atoms with van der Waals surface area (Å²) in [6.45, 7) is 1.68. The van der Waals surface area contributed by atoms with Crippen LogP contribution in [-0.4, -0.2) is 33.4 Å². The topological polar surface area (TPSA) is 115 Å². The van der Waals surface area contributed by atoms with Crippen LogP contribution in [0, 0.1) is 0 Å². The minimum absolute atomic E-state index is 0.0436. The van der Waals surface area contributed by atoms with Crippen molar-refractivity contribution in [2.45, 2.75) is 18.4 Å². The summed E-state index contributed by atoms with van der Waals surface area (Å²) in [4.78, 5) is 23.5. The number of ether oxygens (including phenoxy) is 1. The number of rotatable bonds is 8. The summed E-state index contributed by atoms with van der Waals surface area (Å²) in [7, 11) is -3.58. The molecule has 0 aliphatic rings. The van der Waals surface area contributed by atoms with Crippen LogP contribution in [0.15, 0.2) is 52.0 Å². The maximum Gasteiger partial charge on any atom is 0.338 e. The smallest absolute Gasteiger partial charge is 0.338 e. The number of esters is 1. The standard InChI is InChI=1S/C16H18N2O6S/c1-2-18-25(21,22)14-7-5-12(6-8-14)16(20)24-11-15(19)17-10-13-4-3-9-23-13/h3-9,18H,2,10-11H2,1H3,(H,17,19). The summed E-state index contributed by atoms with van der Waals surface area (Å²) >= 11 is 0. The third kappa shape index (κ3) is 5.44. The first-order chi connectivity index (χ1) is 11.9. The summed E-state index contributed by atoms with van der Waals surface area (Å²) in [5.41, 5.74) is 0.147. The Kier molecular flexibility index (Phi) is 6.31. The lowest BCUT2D eigenvalue weighted by Gasteiger charge is -2.07. The fourth-order valence-corrected chi connectivity index (χ4v) is 2.95. The van der Waals surface area contributed by atoms with Gasteiger partial charge in [-0.2, -0.15) is 0 Å². The van der Waals surface area contributed by atoms with Gasteiger partial charge in [0.1, 0.15) is 5.76 Å². The normalized spacial score (nSPS) is 11.1. The van der Waals surface area contributed by atoms with Crippen molar-refractivity contribution in [2.24, 2.45) is 0 Å². The van der Waals surface area contributed by atoms with Crippen LogP contribution in [0.1, 0.15) is 23.0 Å². The fourth-order valence-electron chi connectivity index (χ4n) is 1.91. The van der Waals surface area contributed by atoms with E-state index in [0.717, 1.165) is 0 Å². The molecule has 0 saturated heterocycles. The molecule has 0 unspecified atom stereocenters. The average Bonchev–Trinajstić information content (AvgIpc) is 3.11. The van der Waals surface area contributed by atoms with Crippen molar-refractivity contribution >= 4 is 21.9 Å². The van der Waals surface area contributed by atoms with Gasteiger partial charge >= 0.3 is 5.97 Å². The van der Waals surface area contributed by atoms with Gasteiger partial charge in [0.15, 0.2) is 6.61 Å². The summed E-state index contributed by atoms with van der Waals surface area (Å²) in [6.07, 6.45) is 1.49. The Balaban J connectivity index is 1.85. The molecule has 1 heterocycles. The Morgan fingerprint density at radius 2 is 1.88 bits per heavy atom. The van der Waals surface area contributed by atoms with Crippen LogP contribution in [0.3, 0.4) is 0 Å². The summed E-state index contributed by atoms with van der Waals surface area (Å²) in [5, 5.41) is 2.54. The largest absolute Gasteiger partial charge is 0.467 e. The number of carbonyl (C=O) groups excluding carboxylic acids is 2. The molecular weight excluding hydrogens is 348 g/mol. The van der Waals surface area contributed by atoms with Gasteiger partial charge in [0, 0.05) is 6.54 Å². The van der Waals surface area contributed by atoms with Crippen molar-refractivity contribution in [3.8, 4) is 0 Å². The Bertz CT molecular complexity index is 813. The summed E-state index contributed by atoms with van der Waals surface area (Å²) in [6, 6.07) is 8.65. The Morgan fingerprint density at radius 1 is 1.16 bits per heavy atom. The van der Waals surface area contributed by atoms with Crippen LogP contribution in [0.4, 0.5) is 0 Å². The van der Waals surface area contributed by atoms with E-state index in [1.165, 1.54) is 30.5 Å². The highest BCUT2D eigenvalue weighted by Gasteiger charge is 2.15. The van der Waals surface area contributed by atoms with Crippen LogP contribution in [-0.2, 0) is 26.1 Å². The van der Waals surface area contributed by atoms with Gasteiger partial charge in [0.05, 0.1) is 23.3 Å². The van der Waals surface area contributed by atoms with E-state index >= 15 is 0 Å². The van der Waals surface area contributed by atoms with Crippen LogP contribution in [0.2, 0.25) is 0 Å². The monoisotopic (exact) mass is 366 g/mol. The lowest BCUT2D eigenvalue weighted by molar-refractivity contribution is -0.124. The number of sulfonamides is 1. The molecule has 2 rings (SSSR count). The van der Waals surface area contributed by atoms with Crippen molar-refractivity contribution < 1.29 is 27.2 Å². The van der Waals surface area contributed by atoms with Gasteiger partial charge in [0.25, 0.3) is 5.91 Å². The zero-order chi connectivity index (χ0) is 18.3. The van der Waals surface area contributed by atoms with Gasteiger partial charge in [-0.05, 0) is 36.4 Å². The number of hydrogen-bond acceptors (Lipinski definition) is 6. The average molecular weight is 366 g/mol. The van der Waals surface area contributed by atoms with Gasteiger partial charge in [-0.25, -0.2) is 17.9 Å². The van der Waals surface area contributed by atoms with E-state index in [1.807, 2.05) is 0 Å². The number of nitrogens with one attached hydrogen (secondary N) is 2. The molecular formula is C16H18N2O6S. The molecule has 0 saturated carbocycles. The molecule has 0 aliphatic heterocycles. The molecule has 0 radical (unpaired) electrons. The molecule has 25 heavy (non-hydrogen) atoms. The van der Waals surface area contributed by atoms with Crippen molar-refractivity contribution in [1.29, 1.82) is 0 Å². The van der Waals surface area contributed by atoms with E-state index in [9.17, 15) is 18.0 Å². The fraction of sp³-hybridized carbons (Fsp3) is 0.250. The number of amides is 1. The zero-order valence-electron chi connectivity index (χ0n) is 13.5. The Labute approximate surface area is 145 Å². The maximum atomic E-state index is 11.9. The number of benzene rings is 1. The van der Waals surface area contributed by atoms with Gasteiger partial charge in [-0.15, -0.1) is 0 Å². The van der Waals surface area contributed by atoms with Crippen LogP contribution in [0.25, 0.3) is 0 Å². The number of furan rings is 1. The Morgan fingerprint density at radius 3 is 2.48 bits per heavy atom. The van der Waals surface area contributed by atoms with Gasteiger partial charge in [-0.3, -0.25) is 4.79 Å². The molecule has 0 aliphatic carbocycles. The second kappa shape index (κ2) is 8.45. The molecule has 1 aromatic carbocycles. The zero-order valence-corrected chi connectivity index (χ0v) is 14.3. The highest BCUT2D eigenvalue weighted by atomic mass is 32.2. The molecule has 0 bridgehead atoms. The van der Waals surface area contributed by atoms with E-state index in [0.29, 0.717) is 5.76 Å². The molecule has 2 N–H and O–H groups in total. The minimum atomic E-state index is -3.58. The summed E-state index contributed by atoms with van der Waals surface area (Å²) in [5.74, 6) is -0.617. The molecule has 9 heteroatoms. The Hall–Kier alpha value is -2.65. The molecule has 0 fully saturated rings. The van der Waals surface area contributed by atoms with Crippen LogP contribution < -0.4 is 10.0 Å². The van der Waals surface area contributed by atoms with Crippen LogP contribution in [0.5, 0.6) is 0 Å².